The highest BCUT2D eigenvalue weighted by Crippen LogP contribution is 2.06. The summed E-state index contributed by atoms with van der Waals surface area (Å²) in [7, 11) is 3.75. The molecule has 4 atom stereocenters. The van der Waals surface area contributed by atoms with Crippen LogP contribution in [0.25, 0.3) is 0 Å². The smallest absolute Gasteiger partial charge is 0.110 e. The zero-order valence-electron chi connectivity index (χ0n) is 11.5. The van der Waals surface area contributed by atoms with Crippen molar-refractivity contribution < 1.29 is 25.5 Å². The van der Waals surface area contributed by atoms with Gasteiger partial charge in [-0.25, -0.2) is 0 Å². The third-order valence-corrected chi connectivity index (χ3v) is 1.74. The zero-order chi connectivity index (χ0) is 14.4. The Kier molecular flexibility index (Phi) is 20.4. The first-order valence-electron chi connectivity index (χ1n) is 5.87. The quantitative estimate of drug-likeness (QED) is 0.364. The van der Waals surface area contributed by atoms with Crippen molar-refractivity contribution in [2.45, 2.75) is 51.6 Å². The van der Waals surface area contributed by atoms with Crippen LogP contribution in [0.2, 0.25) is 0 Å². The molecule has 0 heterocycles. The van der Waals surface area contributed by atoms with Crippen LogP contribution in [0.5, 0.6) is 0 Å². The second-order valence-electron chi connectivity index (χ2n) is 3.21. The van der Waals surface area contributed by atoms with E-state index in [4.69, 9.17) is 25.5 Å². The molecular formula is C11H29NO5. The van der Waals surface area contributed by atoms with Crippen LogP contribution in [0.1, 0.15) is 27.2 Å². The summed E-state index contributed by atoms with van der Waals surface area (Å²) in [5.41, 5.74) is 0. The molecule has 17 heavy (non-hydrogen) atoms. The summed E-state index contributed by atoms with van der Waals surface area (Å²) in [6.07, 6.45) is -5.15. The van der Waals surface area contributed by atoms with Crippen molar-refractivity contribution >= 4 is 0 Å². The van der Waals surface area contributed by atoms with Crippen molar-refractivity contribution in [1.29, 1.82) is 0 Å². The second-order valence-corrected chi connectivity index (χ2v) is 3.21. The van der Waals surface area contributed by atoms with E-state index >= 15 is 0 Å². The molecule has 0 spiro atoms. The minimum absolute atomic E-state index is 0.274. The Balaban J connectivity index is -0.000000337. The highest BCUT2D eigenvalue weighted by Gasteiger charge is 2.28. The van der Waals surface area contributed by atoms with E-state index in [9.17, 15) is 0 Å². The summed E-state index contributed by atoms with van der Waals surface area (Å²) in [6, 6.07) is 0. The number of hydrogen-bond acceptors (Lipinski definition) is 6. The maximum Gasteiger partial charge on any atom is 0.110 e. The molecule has 0 aromatic rings. The lowest BCUT2D eigenvalue weighted by Crippen LogP contribution is -2.45. The minimum Gasteiger partial charge on any atom is -0.394 e. The standard InChI is InChI=1S/C7H16O5.C2H7N.C2H6/c1-2-4(9)6(11)7(12)5(10)3-8;1-3-2;1-2/h4-12H,2-3H2,1H3;3H,1-2H3;1-2H3. The molecule has 4 unspecified atom stereocenters. The van der Waals surface area contributed by atoms with Gasteiger partial charge in [-0.2, -0.15) is 0 Å². The van der Waals surface area contributed by atoms with Gasteiger partial charge in [-0.1, -0.05) is 20.8 Å². The predicted molar refractivity (Wildman–Crippen MR) is 67.7 cm³/mol. The number of rotatable bonds is 5. The third-order valence-electron chi connectivity index (χ3n) is 1.74. The Morgan fingerprint density at radius 1 is 0.882 bits per heavy atom. The molecule has 0 aromatic heterocycles. The lowest BCUT2D eigenvalue weighted by molar-refractivity contribution is -0.115. The van der Waals surface area contributed by atoms with Crippen LogP contribution in [0, 0.1) is 0 Å². The van der Waals surface area contributed by atoms with E-state index in [0.29, 0.717) is 0 Å². The average molecular weight is 255 g/mol. The summed E-state index contributed by atoms with van der Waals surface area (Å²) in [6.45, 7) is 4.99. The van der Waals surface area contributed by atoms with Crippen LogP contribution >= 0.6 is 0 Å². The van der Waals surface area contributed by atoms with Gasteiger partial charge < -0.3 is 30.8 Å². The fourth-order valence-corrected chi connectivity index (χ4v) is 0.805. The highest BCUT2D eigenvalue weighted by atomic mass is 16.4. The van der Waals surface area contributed by atoms with Crippen molar-refractivity contribution in [1.82, 2.24) is 5.32 Å². The van der Waals surface area contributed by atoms with Crippen LogP contribution in [-0.2, 0) is 0 Å². The van der Waals surface area contributed by atoms with E-state index < -0.39 is 31.0 Å². The lowest BCUT2D eigenvalue weighted by Gasteiger charge is -2.24. The van der Waals surface area contributed by atoms with Crippen molar-refractivity contribution in [3.05, 3.63) is 0 Å². The van der Waals surface area contributed by atoms with Crippen LogP contribution in [0.4, 0.5) is 0 Å². The molecule has 0 bridgehead atoms. The Labute approximate surface area is 104 Å². The molecule has 0 saturated carbocycles. The highest BCUT2D eigenvalue weighted by molar-refractivity contribution is 4.79. The molecule has 0 aromatic carbocycles. The van der Waals surface area contributed by atoms with E-state index in [1.165, 1.54) is 0 Å². The summed E-state index contributed by atoms with van der Waals surface area (Å²) < 4.78 is 0. The van der Waals surface area contributed by atoms with Gasteiger partial charge in [0.25, 0.3) is 0 Å². The molecule has 0 saturated heterocycles. The Morgan fingerprint density at radius 3 is 1.41 bits per heavy atom. The largest absolute Gasteiger partial charge is 0.394 e. The van der Waals surface area contributed by atoms with Gasteiger partial charge in [0.2, 0.25) is 0 Å². The zero-order valence-corrected chi connectivity index (χ0v) is 11.5. The van der Waals surface area contributed by atoms with E-state index in [1.807, 2.05) is 27.9 Å². The molecule has 0 aliphatic rings. The van der Waals surface area contributed by atoms with Crippen LogP contribution in [0.3, 0.4) is 0 Å². The van der Waals surface area contributed by atoms with Gasteiger partial charge in [0, 0.05) is 0 Å². The molecule has 0 aliphatic heterocycles. The predicted octanol–water partition coefficient (Wildman–Crippen LogP) is -1.31. The molecule has 0 aliphatic carbocycles. The van der Waals surface area contributed by atoms with Gasteiger partial charge in [0.15, 0.2) is 0 Å². The molecule has 6 nitrogen and oxygen atoms in total. The number of aliphatic hydroxyl groups is 5. The van der Waals surface area contributed by atoms with E-state index in [-0.39, 0.29) is 6.42 Å². The third kappa shape index (κ3) is 12.0. The normalized spacial score (nSPS) is 16.6. The molecule has 0 radical (unpaired) electrons. The van der Waals surface area contributed by atoms with E-state index in [0.717, 1.165) is 0 Å². The van der Waals surface area contributed by atoms with Gasteiger partial charge in [0.1, 0.15) is 18.3 Å². The summed E-state index contributed by atoms with van der Waals surface area (Å²) in [5.74, 6) is 0. The number of hydrogen-bond donors (Lipinski definition) is 6. The van der Waals surface area contributed by atoms with Crippen molar-refractivity contribution in [2.75, 3.05) is 20.7 Å². The number of nitrogens with one attached hydrogen (secondary N) is 1. The van der Waals surface area contributed by atoms with Gasteiger partial charge in [-0.05, 0) is 20.5 Å². The fourth-order valence-electron chi connectivity index (χ4n) is 0.805. The summed E-state index contributed by atoms with van der Waals surface area (Å²) >= 11 is 0. The van der Waals surface area contributed by atoms with E-state index in [2.05, 4.69) is 5.32 Å². The van der Waals surface area contributed by atoms with Crippen LogP contribution in [0.15, 0.2) is 0 Å². The van der Waals surface area contributed by atoms with Crippen LogP contribution in [-0.4, -0.2) is 70.7 Å². The fraction of sp³-hybridized carbons (Fsp3) is 1.00. The first-order valence-corrected chi connectivity index (χ1v) is 5.87. The molecule has 6 heteroatoms. The van der Waals surface area contributed by atoms with Gasteiger partial charge in [-0.3, -0.25) is 0 Å². The maximum absolute atomic E-state index is 9.12. The minimum atomic E-state index is -1.51. The summed E-state index contributed by atoms with van der Waals surface area (Å²) in [4.78, 5) is 0. The van der Waals surface area contributed by atoms with Gasteiger partial charge in [0.05, 0.1) is 12.7 Å². The molecule has 0 rings (SSSR count). The molecule has 108 valence electrons. The second kappa shape index (κ2) is 15.8. The lowest BCUT2D eigenvalue weighted by atomic mass is 10.0. The van der Waals surface area contributed by atoms with Crippen molar-refractivity contribution in [2.24, 2.45) is 0 Å². The topological polar surface area (TPSA) is 113 Å². The van der Waals surface area contributed by atoms with Crippen molar-refractivity contribution in [3.63, 3.8) is 0 Å². The molecule has 6 N–H and O–H groups in total. The first-order chi connectivity index (χ1) is 7.95. The van der Waals surface area contributed by atoms with Crippen LogP contribution < -0.4 is 5.32 Å². The number of aliphatic hydroxyl groups excluding tert-OH is 5. The Morgan fingerprint density at radius 2 is 1.18 bits per heavy atom. The Bertz CT molecular complexity index is 123. The first kappa shape index (κ1) is 22.0. The molecule has 0 fully saturated rings. The maximum atomic E-state index is 9.12. The molecule has 0 amide bonds. The summed E-state index contributed by atoms with van der Waals surface area (Å²) in [5, 5.41) is 47.2. The van der Waals surface area contributed by atoms with E-state index in [1.54, 1.807) is 6.92 Å². The average Bonchev–Trinajstić information content (AvgIpc) is 2.38. The van der Waals surface area contributed by atoms with Gasteiger partial charge in [-0.15, -0.1) is 0 Å². The monoisotopic (exact) mass is 255 g/mol. The van der Waals surface area contributed by atoms with Gasteiger partial charge >= 0.3 is 0 Å². The SMILES string of the molecule is CC.CCC(O)C(O)C(O)C(O)CO.CNC. The Hall–Kier alpha value is -0.240. The molecular weight excluding hydrogens is 226 g/mol. The van der Waals surface area contributed by atoms with Crippen molar-refractivity contribution in [3.8, 4) is 0 Å².